The molecular formula is C18H11Cl2O. The number of hydrogen-bond acceptors (Lipinski definition) is 1. The van der Waals surface area contributed by atoms with Gasteiger partial charge in [0.1, 0.15) is 11.5 Å². The average molecular weight is 314 g/mol. The third-order valence-corrected chi connectivity index (χ3v) is 3.52. The summed E-state index contributed by atoms with van der Waals surface area (Å²) >= 11 is 12.0. The lowest BCUT2D eigenvalue weighted by molar-refractivity contribution is 0.483. The van der Waals surface area contributed by atoms with Gasteiger partial charge in [0, 0.05) is 11.6 Å². The van der Waals surface area contributed by atoms with Crippen molar-refractivity contribution >= 4 is 23.2 Å². The normalized spacial score (nSPS) is 10.4. The van der Waals surface area contributed by atoms with Gasteiger partial charge in [0.2, 0.25) is 0 Å². The van der Waals surface area contributed by atoms with E-state index in [2.05, 4.69) is 6.07 Å². The van der Waals surface area contributed by atoms with Crippen LogP contribution in [0.3, 0.4) is 0 Å². The molecule has 21 heavy (non-hydrogen) atoms. The molecule has 3 rings (SSSR count). The second kappa shape index (κ2) is 6.21. The summed E-state index contributed by atoms with van der Waals surface area (Å²) in [6.45, 7) is 0. The van der Waals surface area contributed by atoms with Crippen LogP contribution in [0.15, 0.2) is 66.7 Å². The number of rotatable bonds is 3. The Morgan fingerprint density at radius 2 is 1.38 bits per heavy atom. The van der Waals surface area contributed by atoms with Gasteiger partial charge in [0.25, 0.3) is 0 Å². The lowest BCUT2D eigenvalue weighted by Crippen LogP contribution is -1.84. The Morgan fingerprint density at radius 3 is 2.05 bits per heavy atom. The second-order valence-electron chi connectivity index (χ2n) is 4.47. The summed E-state index contributed by atoms with van der Waals surface area (Å²) in [5, 5.41) is 1.02. The van der Waals surface area contributed by atoms with Crippen LogP contribution in [-0.2, 0) is 0 Å². The first-order chi connectivity index (χ1) is 10.2. The zero-order chi connectivity index (χ0) is 14.7. The zero-order valence-electron chi connectivity index (χ0n) is 11.0. The molecule has 0 bridgehead atoms. The fraction of sp³-hybridized carbons (Fsp3) is 0. The highest BCUT2D eigenvalue weighted by Crippen LogP contribution is 2.31. The maximum atomic E-state index is 6.16. The van der Waals surface area contributed by atoms with E-state index in [4.69, 9.17) is 27.9 Å². The number of hydrogen-bond donors (Lipinski definition) is 0. The molecule has 0 fully saturated rings. The van der Waals surface area contributed by atoms with E-state index in [0.29, 0.717) is 10.0 Å². The van der Waals surface area contributed by atoms with Crippen molar-refractivity contribution in [2.45, 2.75) is 0 Å². The molecule has 103 valence electrons. The van der Waals surface area contributed by atoms with Gasteiger partial charge in [-0.15, -0.1) is 0 Å². The highest BCUT2D eigenvalue weighted by atomic mass is 35.5. The standard InChI is InChI=1S/C18H11Cl2O/c19-14-8-11-17(18(20)12-14)13-6-9-16(10-7-13)21-15-4-2-1-3-5-15/h1-11H. The Morgan fingerprint density at radius 1 is 0.714 bits per heavy atom. The molecule has 0 aliphatic carbocycles. The predicted molar refractivity (Wildman–Crippen MR) is 87.3 cm³/mol. The first-order valence-electron chi connectivity index (χ1n) is 6.43. The summed E-state index contributed by atoms with van der Waals surface area (Å²) in [7, 11) is 0. The fourth-order valence-electron chi connectivity index (χ4n) is 1.99. The van der Waals surface area contributed by atoms with Crippen molar-refractivity contribution in [1.82, 2.24) is 0 Å². The lowest BCUT2D eigenvalue weighted by atomic mass is 10.1. The van der Waals surface area contributed by atoms with Gasteiger partial charge in [0.15, 0.2) is 0 Å². The van der Waals surface area contributed by atoms with E-state index in [0.717, 1.165) is 22.6 Å². The first-order valence-corrected chi connectivity index (χ1v) is 7.18. The van der Waals surface area contributed by atoms with Crippen molar-refractivity contribution in [3.63, 3.8) is 0 Å². The van der Waals surface area contributed by atoms with E-state index in [9.17, 15) is 0 Å². The Hall–Kier alpha value is -1.96. The molecule has 0 amide bonds. The van der Waals surface area contributed by atoms with E-state index in [-0.39, 0.29) is 0 Å². The number of halogens is 2. The topological polar surface area (TPSA) is 9.23 Å². The molecule has 0 aromatic heterocycles. The molecule has 3 aromatic rings. The van der Waals surface area contributed by atoms with Crippen molar-refractivity contribution in [2.24, 2.45) is 0 Å². The van der Waals surface area contributed by atoms with E-state index in [1.165, 1.54) is 0 Å². The van der Waals surface area contributed by atoms with Crippen molar-refractivity contribution in [2.75, 3.05) is 0 Å². The minimum absolute atomic E-state index is 0.507. The summed E-state index contributed by atoms with van der Waals surface area (Å²) < 4.78 is 5.76. The predicted octanol–water partition coefficient (Wildman–Crippen LogP) is 6.25. The quantitative estimate of drug-likeness (QED) is 0.555. The molecule has 1 radical (unpaired) electrons. The zero-order valence-corrected chi connectivity index (χ0v) is 12.5. The maximum absolute atomic E-state index is 6.16. The molecule has 0 unspecified atom stereocenters. The van der Waals surface area contributed by atoms with Crippen LogP contribution in [0.2, 0.25) is 10.0 Å². The summed E-state index contributed by atoms with van der Waals surface area (Å²) in [5.41, 5.74) is 1.89. The Labute approximate surface area is 133 Å². The van der Waals surface area contributed by atoms with Crippen LogP contribution >= 0.6 is 23.2 Å². The van der Waals surface area contributed by atoms with Gasteiger partial charge in [-0.3, -0.25) is 0 Å². The minimum atomic E-state index is 0.507. The minimum Gasteiger partial charge on any atom is -0.457 e. The van der Waals surface area contributed by atoms with Crippen LogP contribution in [0.25, 0.3) is 11.1 Å². The largest absolute Gasteiger partial charge is 0.457 e. The van der Waals surface area contributed by atoms with E-state index in [1.54, 1.807) is 6.07 Å². The van der Waals surface area contributed by atoms with Crippen LogP contribution in [0.4, 0.5) is 0 Å². The smallest absolute Gasteiger partial charge is 0.127 e. The van der Waals surface area contributed by atoms with Crippen molar-refractivity contribution in [3.05, 3.63) is 82.8 Å². The van der Waals surface area contributed by atoms with Crippen LogP contribution in [0, 0.1) is 6.07 Å². The third kappa shape index (κ3) is 3.38. The molecule has 0 aliphatic rings. The molecule has 0 saturated carbocycles. The Bertz CT molecular complexity index is 737. The van der Waals surface area contributed by atoms with Crippen molar-refractivity contribution in [1.29, 1.82) is 0 Å². The molecular weight excluding hydrogens is 303 g/mol. The first kappa shape index (κ1) is 14.0. The van der Waals surface area contributed by atoms with Crippen LogP contribution in [0.1, 0.15) is 0 Å². The molecule has 0 aliphatic heterocycles. The number of ether oxygens (including phenoxy) is 1. The van der Waals surface area contributed by atoms with E-state index in [1.807, 2.05) is 60.7 Å². The second-order valence-corrected chi connectivity index (χ2v) is 5.26. The monoisotopic (exact) mass is 313 g/mol. The van der Waals surface area contributed by atoms with Crippen molar-refractivity contribution in [3.8, 4) is 22.6 Å². The highest BCUT2D eigenvalue weighted by molar-refractivity contribution is 6.36. The SMILES string of the molecule is Clc1[c]c(Cl)c(-c2ccc(Oc3ccccc3)cc2)cc1. The molecule has 3 aromatic carbocycles. The third-order valence-electron chi connectivity index (χ3n) is 3.01. The van der Waals surface area contributed by atoms with Crippen molar-refractivity contribution < 1.29 is 4.74 Å². The summed E-state index contributed by atoms with van der Waals surface area (Å²) in [5.74, 6) is 1.59. The van der Waals surface area contributed by atoms with Gasteiger partial charge in [-0.2, -0.15) is 0 Å². The average Bonchev–Trinajstić information content (AvgIpc) is 2.49. The van der Waals surface area contributed by atoms with E-state index >= 15 is 0 Å². The molecule has 0 atom stereocenters. The van der Waals surface area contributed by atoms with Gasteiger partial charge < -0.3 is 4.74 Å². The van der Waals surface area contributed by atoms with Gasteiger partial charge in [0.05, 0.1) is 10.0 Å². The number of para-hydroxylation sites is 1. The molecule has 0 N–H and O–H groups in total. The fourth-order valence-corrected chi connectivity index (χ4v) is 2.47. The molecule has 1 nitrogen and oxygen atoms in total. The van der Waals surface area contributed by atoms with Gasteiger partial charge in [-0.05, 0) is 35.9 Å². The summed E-state index contributed by atoms with van der Waals surface area (Å²) in [6, 6.07) is 23.9. The number of benzene rings is 3. The van der Waals surface area contributed by atoms with Gasteiger partial charge in [-0.25, -0.2) is 0 Å². The van der Waals surface area contributed by atoms with Crippen LogP contribution in [-0.4, -0.2) is 0 Å². The van der Waals surface area contributed by atoms with E-state index < -0.39 is 0 Å². The highest BCUT2D eigenvalue weighted by Gasteiger charge is 2.05. The molecule has 0 spiro atoms. The maximum Gasteiger partial charge on any atom is 0.127 e. The molecule has 3 heteroatoms. The molecule has 0 heterocycles. The van der Waals surface area contributed by atoms with Gasteiger partial charge in [-0.1, -0.05) is 59.6 Å². The molecule has 0 saturated heterocycles. The van der Waals surface area contributed by atoms with Gasteiger partial charge >= 0.3 is 0 Å². The van der Waals surface area contributed by atoms with Crippen LogP contribution < -0.4 is 4.74 Å². The summed E-state index contributed by atoms with van der Waals surface area (Å²) in [4.78, 5) is 0. The summed E-state index contributed by atoms with van der Waals surface area (Å²) in [6.07, 6.45) is 0. The Kier molecular flexibility index (Phi) is 4.14. The Balaban J connectivity index is 1.84. The lowest BCUT2D eigenvalue weighted by Gasteiger charge is -2.08. The van der Waals surface area contributed by atoms with Crippen LogP contribution in [0.5, 0.6) is 11.5 Å².